The maximum Gasteiger partial charge on any atom is 0.356 e. The second kappa shape index (κ2) is 8.87. The summed E-state index contributed by atoms with van der Waals surface area (Å²) in [7, 11) is 1.36. The van der Waals surface area contributed by atoms with Gasteiger partial charge in [-0.25, -0.2) is 14.6 Å². The third kappa shape index (κ3) is 4.16. The van der Waals surface area contributed by atoms with Gasteiger partial charge in [0.15, 0.2) is 5.69 Å². The third-order valence-corrected chi connectivity index (χ3v) is 5.23. The van der Waals surface area contributed by atoms with Crippen LogP contribution in [0.3, 0.4) is 0 Å². The molecule has 0 atom stereocenters. The van der Waals surface area contributed by atoms with Crippen LogP contribution in [0.15, 0.2) is 24.3 Å². The lowest BCUT2D eigenvalue weighted by molar-refractivity contribution is 0.0599. The molecule has 6 nitrogen and oxygen atoms in total. The number of carboxylic acid groups (broad SMARTS) is 1. The first-order valence-electron chi connectivity index (χ1n) is 9.74. The Morgan fingerprint density at radius 3 is 2.54 bits per heavy atom. The zero-order valence-corrected chi connectivity index (χ0v) is 16.4. The van der Waals surface area contributed by atoms with Gasteiger partial charge in [-0.05, 0) is 67.3 Å². The molecule has 1 aromatic carbocycles. The molecule has 28 heavy (non-hydrogen) atoms. The number of anilines is 1. The fourth-order valence-electron chi connectivity index (χ4n) is 3.82. The van der Waals surface area contributed by atoms with Gasteiger partial charge in [-0.15, -0.1) is 0 Å². The minimum absolute atomic E-state index is 0.124. The molecule has 6 heteroatoms. The molecule has 0 bridgehead atoms. The average molecular weight is 382 g/mol. The van der Waals surface area contributed by atoms with Gasteiger partial charge in [0.25, 0.3) is 0 Å². The van der Waals surface area contributed by atoms with Crippen molar-refractivity contribution in [1.29, 1.82) is 0 Å². The summed E-state index contributed by atoms with van der Waals surface area (Å²) in [6.45, 7) is 2.65. The van der Waals surface area contributed by atoms with Crippen molar-refractivity contribution in [2.45, 2.75) is 45.4 Å². The number of carboxylic acids is 1. The molecular weight excluding hydrogens is 356 g/mol. The van der Waals surface area contributed by atoms with Crippen molar-refractivity contribution in [1.82, 2.24) is 4.98 Å². The Hall–Kier alpha value is -2.89. The van der Waals surface area contributed by atoms with E-state index in [-0.39, 0.29) is 11.7 Å². The number of hydrogen-bond donors (Lipinski definition) is 2. The Balaban J connectivity index is 1.78. The second-order valence-corrected chi connectivity index (χ2v) is 6.97. The Kier molecular flexibility index (Phi) is 6.29. The number of aromatic nitrogens is 1. The molecule has 1 aliphatic carbocycles. The molecule has 0 amide bonds. The SMILES string of the molecule is CCc1c2c(nc(C(=O)O)c1NCCc1ccc(C(=O)OC)cc1)CCCC2. The maximum atomic E-state index is 11.8. The van der Waals surface area contributed by atoms with Crippen molar-refractivity contribution in [3.05, 3.63) is 57.9 Å². The zero-order chi connectivity index (χ0) is 20.1. The topological polar surface area (TPSA) is 88.5 Å². The lowest BCUT2D eigenvalue weighted by Gasteiger charge is -2.23. The highest BCUT2D eigenvalue weighted by Crippen LogP contribution is 2.31. The highest BCUT2D eigenvalue weighted by Gasteiger charge is 2.23. The van der Waals surface area contributed by atoms with Crippen LogP contribution in [0, 0.1) is 0 Å². The second-order valence-electron chi connectivity index (χ2n) is 6.97. The number of carbonyl (C=O) groups is 2. The summed E-state index contributed by atoms with van der Waals surface area (Å²) in [6, 6.07) is 7.25. The highest BCUT2D eigenvalue weighted by atomic mass is 16.5. The van der Waals surface area contributed by atoms with Crippen LogP contribution in [0.1, 0.15) is 63.0 Å². The van der Waals surface area contributed by atoms with Gasteiger partial charge >= 0.3 is 11.9 Å². The number of methoxy groups -OCH3 is 1. The van der Waals surface area contributed by atoms with Crippen LogP contribution >= 0.6 is 0 Å². The first kappa shape index (κ1) is 19.9. The number of benzene rings is 1. The molecule has 148 valence electrons. The normalized spacial score (nSPS) is 12.9. The van der Waals surface area contributed by atoms with Crippen molar-refractivity contribution in [3.63, 3.8) is 0 Å². The molecule has 0 radical (unpaired) electrons. The summed E-state index contributed by atoms with van der Waals surface area (Å²) in [6.07, 6.45) is 5.50. The number of ether oxygens (including phenoxy) is 1. The minimum atomic E-state index is -0.993. The van der Waals surface area contributed by atoms with Crippen LogP contribution in [-0.4, -0.2) is 35.7 Å². The maximum absolute atomic E-state index is 11.8. The Morgan fingerprint density at radius 1 is 1.18 bits per heavy atom. The molecule has 0 aliphatic heterocycles. The van der Waals surface area contributed by atoms with E-state index in [0.717, 1.165) is 48.9 Å². The largest absolute Gasteiger partial charge is 0.476 e. The third-order valence-electron chi connectivity index (χ3n) is 5.23. The van der Waals surface area contributed by atoms with E-state index in [1.165, 1.54) is 12.7 Å². The predicted molar refractivity (Wildman–Crippen MR) is 107 cm³/mol. The Bertz CT molecular complexity index is 875. The van der Waals surface area contributed by atoms with Gasteiger partial charge in [0.05, 0.1) is 18.4 Å². The van der Waals surface area contributed by atoms with E-state index >= 15 is 0 Å². The molecule has 1 aromatic heterocycles. The summed E-state index contributed by atoms with van der Waals surface area (Å²) in [5, 5.41) is 13.0. The lowest BCUT2D eigenvalue weighted by atomic mass is 9.89. The molecule has 2 N–H and O–H groups in total. The van der Waals surface area contributed by atoms with E-state index in [0.29, 0.717) is 24.2 Å². The van der Waals surface area contributed by atoms with Crippen molar-refractivity contribution in [2.24, 2.45) is 0 Å². The summed E-state index contributed by atoms with van der Waals surface area (Å²) in [5.41, 5.74) is 5.61. The summed E-state index contributed by atoms with van der Waals surface area (Å²) >= 11 is 0. The summed E-state index contributed by atoms with van der Waals surface area (Å²) in [5.74, 6) is -1.35. The first-order chi connectivity index (χ1) is 13.5. The number of rotatable bonds is 7. The average Bonchev–Trinajstić information content (AvgIpc) is 2.72. The fourth-order valence-corrected chi connectivity index (χ4v) is 3.82. The number of aryl methyl sites for hydroxylation is 1. The van der Waals surface area contributed by atoms with Crippen LogP contribution in [0.2, 0.25) is 0 Å². The Morgan fingerprint density at radius 2 is 1.89 bits per heavy atom. The van der Waals surface area contributed by atoms with Crippen molar-refractivity contribution < 1.29 is 19.4 Å². The fraction of sp³-hybridized carbons (Fsp3) is 0.409. The van der Waals surface area contributed by atoms with Gasteiger partial charge in [0.2, 0.25) is 0 Å². The van der Waals surface area contributed by atoms with Gasteiger partial charge in [0, 0.05) is 12.2 Å². The number of nitrogens with one attached hydrogen (secondary N) is 1. The quantitative estimate of drug-likeness (QED) is 0.711. The number of pyridine rings is 1. The highest BCUT2D eigenvalue weighted by molar-refractivity contribution is 5.93. The first-order valence-corrected chi connectivity index (χ1v) is 9.74. The number of fused-ring (bicyclic) bond motifs is 1. The van der Waals surface area contributed by atoms with Gasteiger partial charge in [0.1, 0.15) is 0 Å². The number of carbonyl (C=O) groups excluding carboxylic acids is 1. The van der Waals surface area contributed by atoms with Crippen LogP contribution in [0.25, 0.3) is 0 Å². The van der Waals surface area contributed by atoms with Gasteiger partial charge in [-0.3, -0.25) is 0 Å². The number of hydrogen-bond acceptors (Lipinski definition) is 5. The summed E-state index contributed by atoms with van der Waals surface area (Å²) < 4.78 is 4.71. The standard InChI is InChI=1S/C22H26N2O4/c1-3-16-17-6-4-5-7-18(17)24-20(21(25)26)19(16)23-13-12-14-8-10-15(11-9-14)22(27)28-2/h8-11,23H,3-7,12-13H2,1-2H3,(H,25,26). The van der Waals surface area contributed by atoms with E-state index in [1.54, 1.807) is 12.1 Å². The Labute approximate surface area is 164 Å². The predicted octanol–water partition coefficient (Wildman–Crippen LogP) is 3.66. The molecule has 1 heterocycles. The van der Waals surface area contributed by atoms with E-state index in [4.69, 9.17) is 4.74 Å². The number of nitrogens with zero attached hydrogens (tertiary/aromatic N) is 1. The molecule has 0 spiro atoms. The van der Waals surface area contributed by atoms with Gasteiger partial charge in [-0.1, -0.05) is 19.1 Å². The van der Waals surface area contributed by atoms with Gasteiger partial charge < -0.3 is 15.2 Å². The molecule has 3 rings (SSSR count). The molecule has 2 aromatic rings. The van der Waals surface area contributed by atoms with Crippen LogP contribution in [0.5, 0.6) is 0 Å². The van der Waals surface area contributed by atoms with Crippen LogP contribution in [0.4, 0.5) is 5.69 Å². The zero-order valence-electron chi connectivity index (χ0n) is 16.4. The van der Waals surface area contributed by atoms with E-state index < -0.39 is 5.97 Å². The van der Waals surface area contributed by atoms with Crippen molar-refractivity contribution in [2.75, 3.05) is 19.0 Å². The van der Waals surface area contributed by atoms with Gasteiger partial charge in [-0.2, -0.15) is 0 Å². The molecule has 0 saturated carbocycles. The molecule has 0 saturated heterocycles. The molecule has 0 unspecified atom stereocenters. The molecular formula is C22H26N2O4. The lowest BCUT2D eigenvalue weighted by Crippen LogP contribution is -2.19. The smallest absolute Gasteiger partial charge is 0.356 e. The number of esters is 1. The van der Waals surface area contributed by atoms with E-state index in [1.807, 2.05) is 12.1 Å². The van der Waals surface area contributed by atoms with E-state index in [9.17, 15) is 14.7 Å². The molecule has 1 aliphatic rings. The van der Waals surface area contributed by atoms with Crippen molar-refractivity contribution in [3.8, 4) is 0 Å². The van der Waals surface area contributed by atoms with E-state index in [2.05, 4.69) is 17.2 Å². The van der Waals surface area contributed by atoms with Crippen molar-refractivity contribution >= 4 is 17.6 Å². The number of aromatic carboxylic acids is 1. The monoisotopic (exact) mass is 382 g/mol. The van der Waals surface area contributed by atoms with Crippen LogP contribution in [-0.2, 0) is 30.4 Å². The minimum Gasteiger partial charge on any atom is -0.476 e. The van der Waals surface area contributed by atoms with Crippen LogP contribution < -0.4 is 5.32 Å². The molecule has 0 fully saturated rings. The summed E-state index contributed by atoms with van der Waals surface area (Å²) in [4.78, 5) is 27.8.